The lowest BCUT2D eigenvalue weighted by molar-refractivity contribution is -0.117. The number of benzene rings is 2. The molecule has 3 aromatic rings. The number of amides is 1. The van der Waals surface area contributed by atoms with Crippen molar-refractivity contribution in [2.75, 3.05) is 26.9 Å². The molecule has 33 heavy (non-hydrogen) atoms. The van der Waals surface area contributed by atoms with Gasteiger partial charge in [-0.2, -0.15) is 5.26 Å². The molecule has 1 amide bonds. The van der Waals surface area contributed by atoms with Gasteiger partial charge in [-0.3, -0.25) is 4.79 Å². The Bertz CT molecular complexity index is 1170. The molecule has 2 heterocycles. The third-order valence-electron chi connectivity index (χ3n) is 5.66. The molecule has 1 aromatic heterocycles. The van der Waals surface area contributed by atoms with Crippen LogP contribution in [0.5, 0.6) is 11.5 Å². The topological polar surface area (TPSA) is 85.5 Å². The number of nitrogens with zero attached hydrogens (tertiary/aromatic N) is 2. The second kappa shape index (κ2) is 10.7. The van der Waals surface area contributed by atoms with E-state index in [4.69, 9.17) is 14.2 Å². The number of nitriles is 1. The van der Waals surface area contributed by atoms with E-state index in [-0.39, 0.29) is 17.6 Å². The highest BCUT2D eigenvalue weighted by Gasteiger charge is 2.18. The Balaban J connectivity index is 1.47. The van der Waals surface area contributed by atoms with Gasteiger partial charge in [0, 0.05) is 35.8 Å². The summed E-state index contributed by atoms with van der Waals surface area (Å²) in [5, 5.41) is 13.4. The van der Waals surface area contributed by atoms with Crippen molar-refractivity contribution >= 4 is 22.9 Å². The average molecular weight is 446 g/mol. The largest absolute Gasteiger partial charge is 0.497 e. The Morgan fingerprint density at radius 2 is 2.03 bits per heavy atom. The van der Waals surface area contributed by atoms with Crippen molar-refractivity contribution in [3.05, 3.63) is 65.9 Å². The number of carbonyl (C=O) groups excluding carboxylic acids is 1. The predicted molar refractivity (Wildman–Crippen MR) is 126 cm³/mol. The van der Waals surface area contributed by atoms with Crippen molar-refractivity contribution in [3.8, 4) is 17.6 Å². The summed E-state index contributed by atoms with van der Waals surface area (Å²) < 4.78 is 18.7. The fourth-order valence-corrected chi connectivity index (χ4v) is 3.92. The minimum atomic E-state index is -0.382. The van der Waals surface area contributed by atoms with Gasteiger partial charge in [0.2, 0.25) is 0 Å². The molecule has 0 radical (unpaired) electrons. The quantitative estimate of drug-likeness (QED) is 0.398. The zero-order valence-electron chi connectivity index (χ0n) is 18.6. The van der Waals surface area contributed by atoms with Crippen molar-refractivity contribution in [2.45, 2.75) is 25.5 Å². The number of carbonyl (C=O) groups is 1. The monoisotopic (exact) mass is 445 g/mol. The highest BCUT2D eigenvalue weighted by atomic mass is 16.5. The molecule has 170 valence electrons. The SMILES string of the molecule is COc1ccc(OCCn2cc(/C=C(\C#N)C(=O)NC[C@H]3CCCO3)c3ccccc32)cc1. The van der Waals surface area contributed by atoms with Crippen LogP contribution in [0, 0.1) is 11.3 Å². The van der Waals surface area contributed by atoms with Gasteiger partial charge in [-0.15, -0.1) is 0 Å². The van der Waals surface area contributed by atoms with Crippen LogP contribution in [0.2, 0.25) is 0 Å². The van der Waals surface area contributed by atoms with Crippen molar-refractivity contribution in [1.29, 1.82) is 5.26 Å². The lowest BCUT2D eigenvalue weighted by Crippen LogP contribution is -2.32. The first-order chi connectivity index (χ1) is 16.2. The molecule has 1 fully saturated rings. The molecule has 0 saturated carbocycles. The summed E-state index contributed by atoms with van der Waals surface area (Å²) in [4.78, 5) is 12.6. The number of methoxy groups -OCH3 is 1. The summed E-state index contributed by atoms with van der Waals surface area (Å²) in [7, 11) is 1.63. The van der Waals surface area contributed by atoms with Crippen LogP contribution in [0.3, 0.4) is 0 Å². The first-order valence-corrected chi connectivity index (χ1v) is 11.0. The highest BCUT2D eigenvalue weighted by molar-refractivity contribution is 6.04. The third-order valence-corrected chi connectivity index (χ3v) is 5.66. The Labute approximate surface area is 193 Å². The molecule has 1 aliphatic heterocycles. The molecule has 0 bridgehead atoms. The second-order valence-corrected chi connectivity index (χ2v) is 7.83. The molecular formula is C26H27N3O4. The molecule has 7 heteroatoms. The second-order valence-electron chi connectivity index (χ2n) is 7.83. The molecule has 2 aromatic carbocycles. The predicted octanol–water partition coefficient (Wildman–Crippen LogP) is 3.93. The molecule has 1 aliphatic rings. The molecule has 1 saturated heterocycles. The number of hydrogen-bond acceptors (Lipinski definition) is 5. The molecular weight excluding hydrogens is 418 g/mol. The molecule has 0 aliphatic carbocycles. The summed E-state index contributed by atoms with van der Waals surface area (Å²) >= 11 is 0. The van der Waals surface area contributed by atoms with E-state index in [9.17, 15) is 10.1 Å². The van der Waals surface area contributed by atoms with Gasteiger partial charge in [0.05, 0.1) is 19.8 Å². The average Bonchev–Trinajstić information content (AvgIpc) is 3.50. The Morgan fingerprint density at radius 1 is 1.24 bits per heavy atom. The van der Waals surface area contributed by atoms with Gasteiger partial charge in [0.15, 0.2) is 0 Å². The van der Waals surface area contributed by atoms with Crippen molar-refractivity contribution in [1.82, 2.24) is 9.88 Å². The normalized spacial score (nSPS) is 15.9. The Hall–Kier alpha value is -3.76. The van der Waals surface area contributed by atoms with E-state index in [0.29, 0.717) is 19.7 Å². The minimum Gasteiger partial charge on any atom is -0.497 e. The first kappa shape index (κ1) is 22.4. The number of para-hydroxylation sites is 1. The van der Waals surface area contributed by atoms with Gasteiger partial charge in [-0.25, -0.2) is 0 Å². The number of fused-ring (bicyclic) bond motifs is 1. The van der Waals surface area contributed by atoms with Crippen LogP contribution in [0.1, 0.15) is 18.4 Å². The smallest absolute Gasteiger partial charge is 0.262 e. The standard InChI is InChI=1S/C26H27N3O4/c1-31-21-8-10-22(11-9-21)33-14-12-29-18-20(24-6-2-3-7-25(24)29)15-19(16-27)26(30)28-17-23-5-4-13-32-23/h2-3,6-11,15,18,23H,4-5,12-14,17H2,1H3,(H,28,30)/b19-15+/t23-/m1/s1. The van der Waals surface area contributed by atoms with Crippen LogP contribution in [-0.4, -0.2) is 43.4 Å². The van der Waals surface area contributed by atoms with Gasteiger partial charge in [0.25, 0.3) is 5.91 Å². The van der Waals surface area contributed by atoms with E-state index in [1.54, 1.807) is 13.2 Å². The van der Waals surface area contributed by atoms with E-state index in [1.165, 1.54) is 0 Å². The van der Waals surface area contributed by atoms with Gasteiger partial charge >= 0.3 is 0 Å². The Kier molecular flexibility index (Phi) is 7.28. The van der Waals surface area contributed by atoms with E-state index in [1.807, 2.05) is 60.8 Å². The first-order valence-electron chi connectivity index (χ1n) is 11.0. The molecule has 1 atom stereocenters. The minimum absolute atomic E-state index is 0.0292. The fourth-order valence-electron chi connectivity index (χ4n) is 3.92. The molecule has 0 spiro atoms. The molecule has 7 nitrogen and oxygen atoms in total. The Morgan fingerprint density at radius 3 is 2.76 bits per heavy atom. The number of hydrogen-bond donors (Lipinski definition) is 1. The number of aromatic nitrogens is 1. The zero-order valence-corrected chi connectivity index (χ0v) is 18.6. The van der Waals surface area contributed by atoms with Crippen molar-refractivity contribution < 1.29 is 19.0 Å². The van der Waals surface area contributed by atoms with Crippen LogP contribution < -0.4 is 14.8 Å². The maximum Gasteiger partial charge on any atom is 0.262 e. The number of rotatable bonds is 9. The number of nitrogens with one attached hydrogen (secondary N) is 1. The summed E-state index contributed by atoms with van der Waals surface area (Å²) in [6, 6.07) is 17.4. The van der Waals surface area contributed by atoms with Crippen molar-refractivity contribution in [3.63, 3.8) is 0 Å². The number of ether oxygens (including phenoxy) is 3. The fraction of sp³-hybridized carbons (Fsp3) is 0.308. The third kappa shape index (κ3) is 5.54. The van der Waals surface area contributed by atoms with E-state index in [2.05, 4.69) is 9.88 Å². The highest BCUT2D eigenvalue weighted by Crippen LogP contribution is 2.24. The lowest BCUT2D eigenvalue weighted by Gasteiger charge is -2.10. The molecule has 0 unspecified atom stereocenters. The van der Waals surface area contributed by atoms with Crippen LogP contribution in [0.25, 0.3) is 17.0 Å². The van der Waals surface area contributed by atoms with Gasteiger partial charge in [0.1, 0.15) is 29.7 Å². The van der Waals surface area contributed by atoms with Crippen LogP contribution in [0.15, 0.2) is 60.3 Å². The maximum absolute atomic E-state index is 12.6. The van der Waals surface area contributed by atoms with E-state index >= 15 is 0 Å². The van der Waals surface area contributed by atoms with Crippen LogP contribution in [-0.2, 0) is 16.1 Å². The lowest BCUT2D eigenvalue weighted by atomic mass is 10.1. The van der Waals surface area contributed by atoms with Gasteiger partial charge in [-0.1, -0.05) is 18.2 Å². The van der Waals surface area contributed by atoms with Crippen LogP contribution in [0.4, 0.5) is 0 Å². The summed E-state index contributed by atoms with van der Waals surface area (Å²) in [6.07, 6.45) is 5.56. The summed E-state index contributed by atoms with van der Waals surface area (Å²) in [5.74, 6) is 1.16. The van der Waals surface area contributed by atoms with Crippen LogP contribution >= 0.6 is 0 Å². The van der Waals surface area contributed by atoms with E-state index in [0.717, 1.165) is 47.4 Å². The van der Waals surface area contributed by atoms with E-state index < -0.39 is 0 Å². The summed E-state index contributed by atoms with van der Waals surface area (Å²) in [6.45, 7) is 2.24. The molecule has 1 N–H and O–H groups in total. The van der Waals surface area contributed by atoms with Gasteiger partial charge < -0.3 is 24.1 Å². The zero-order chi connectivity index (χ0) is 23.0. The van der Waals surface area contributed by atoms with Gasteiger partial charge in [-0.05, 0) is 49.2 Å². The van der Waals surface area contributed by atoms with Crippen molar-refractivity contribution in [2.24, 2.45) is 0 Å². The summed E-state index contributed by atoms with van der Waals surface area (Å²) in [5.41, 5.74) is 1.91. The molecule has 4 rings (SSSR count). The maximum atomic E-state index is 12.6.